The van der Waals surface area contributed by atoms with E-state index in [2.05, 4.69) is 30.1 Å². The third-order valence-corrected chi connectivity index (χ3v) is 5.48. The van der Waals surface area contributed by atoms with Crippen molar-refractivity contribution in [1.82, 2.24) is 30.3 Å². The van der Waals surface area contributed by atoms with Crippen molar-refractivity contribution in [2.24, 2.45) is 0 Å². The number of rotatable bonds is 4. The minimum atomic E-state index is 0.0533. The standard InChI is InChI=1S/C20H24N6O3/c1-11-16(25-29-24-11)10-19(27)26-7-5-15(6-8-26)17-9-18(22-14(4)21-17)20-12(2)23-28-13(20)3/h9,15H,5-8,10H2,1-4H3. The van der Waals surface area contributed by atoms with E-state index in [9.17, 15) is 4.79 Å². The number of carbonyl (C=O) groups excluding carboxylic acids is 1. The first kappa shape index (κ1) is 19.2. The van der Waals surface area contributed by atoms with Crippen LogP contribution < -0.4 is 0 Å². The lowest BCUT2D eigenvalue weighted by molar-refractivity contribution is -0.131. The number of likely N-dealkylation sites (tertiary alicyclic amines) is 1. The summed E-state index contributed by atoms with van der Waals surface area (Å²) in [6.07, 6.45) is 1.95. The maximum absolute atomic E-state index is 12.6. The van der Waals surface area contributed by atoms with Crippen LogP contribution >= 0.6 is 0 Å². The summed E-state index contributed by atoms with van der Waals surface area (Å²) < 4.78 is 9.98. The summed E-state index contributed by atoms with van der Waals surface area (Å²) in [5.41, 5.74) is 4.88. The highest BCUT2D eigenvalue weighted by Gasteiger charge is 2.27. The van der Waals surface area contributed by atoms with Gasteiger partial charge in [0.05, 0.1) is 23.4 Å². The molecule has 0 aromatic carbocycles. The highest BCUT2D eigenvalue weighted by molar-refractivity contribution is 5.78. The zero-order valence-electron chi connectivity index (χ0n) is 17.1. The first-order valence-corrected chi connectivity index (χ1v) is 9.77. The lowest BCUT2D eigenvalue weighted by atomic mass is 9.92. The van der Waals surface area contributed by atoms with Gasteiger partial charge in [0.15, 0.2) is 0 Å². The molecule has 9 heteroatoms. The summed E-state index contributed by atoms with van der Waals surface area (Å²) >= 11 is 0. The van der Waals surface area contributed by atoms with Crippen LogP contribution in [0.15, 0.2) is 15.2 Å². The lowest BCUT2D eigenvalue weighted by Gasteiger charge is -2.31. The zero-order valence-corrected chi connectivity index (χ0v) is 17.1. The summed E-state index contributed by atoms with van der Waals surface area (Å²) in [4.78, 5) is 23.7. The molecule has 152 valence electrons. The van der Waals surface area contributed by atoms with E-state index in [1.54, 1.807) is 6.92 Å². The first-order chi connectivity index (χ1) is 13.9. The summed E-state index contributed by atoms with van der Waals surface area (Å²) in [6.45, 7) is 8.88. The van der Waals surface area contributed by atoms with Crippen molar-refractivity contribution in [3.63, 3.8) is 0 Å². The molecule has 3 aromatic heterocycles. The number of carbonyl (C=O) groups is 1. The highest BCUT2D eigenvalue weighted by Crippen LogP contribution is 2.31. The van der Waals surface area contributed by atoms with Crippen LogP contribution in [0.5, 0.6) is 0 Å². The van der Waals surface area contributed by atoms with Crippen molar-refractivity contribution in [3.05, 3.63) is 40.4 Å². The van der Waals surface area contributed by atoms with Gasteiger partial charge >= 0.3 is 0 Å². The third kappa shape index (κ3) is 3.90. The van der Waals surface area contributed by atoms with E-state index in [4.69, 9.17) is 4.52 Å². The van der Waals surface area contributed by atoms with E-state index in [-0.39, 0.29) is 18.2 Å². The van der Waals surface area contributed by atoms with Crippen LogP contribution in [-0.2, 0) is 11.2 Å². The maximum atomic E-state index is 12.6. The lowest BCUT2D eigenvalue weighted by Crippen LogP contribution is -2.39. The third-order valence-electron chi connectivity index (χ3n) is 5.48. The predicted molar refractivity (Wildman–Crippen MR) is 103 cm³/mol. The van der Waals surface area contributed by atoms with E-state index in [0.717, 1.165) is 47.1 Å². The Morgan fingerprint density at radius 2 is 1.83 bits per heavy atom. The number of aromatic nitrogens is 5. The second-order valence-electron chi connectivity index (χ2n) is 7.55. The van der Waals surface area contributed by atoms with Gasteiger partial charge in [0.1, 0.15) is 23.0 Å². The predicted octanol–water partition coefficient (Wildman–Crippen LogP) is 2.70. The first-order valence-electron chi connectivity index (χ1n) is 9.77. The molecule has 0 aliphatic carbocycles. The second-order valence-corrected chi connectivity index (χ2v) is 7.55. The number of hydrogen-bond acceptors (Lipinski definition) is 8. The molecule has 4 rings (SSSR count). The van der Waals surface area contributed by atoms with Crippen LogP contribution in [0, 0.1) is 27.7 Å². The van der Waals surface area contributed by atoms with Gasteiger partial charge in [-0.3, -0.25) is 4.79 Å². The number of hydrogen-bond donors (Lipinski definition) is 0. The topological polar surface area (TPSA) is 111 Å². The van der Waals surface area contributed by atoms with E-state index in [1.807, 2.05) is 31.7 Å². The molecule has 0 saturated carbocycles. The van der Waals surface area contributed by atoms with Crippen molar-refractivity contribution >= 4 is 5.91 Å². The summed E-state index contributed by atoms with van der Waals surface area (Å²) in [7, 11) is 0. The number of aryl methyl sites for hydroxylation is 4. The minimum Gasteiger partial charge on any atom is -0.361 e. The summed E-state index contributed by atoms with van der Waals surface area (Å²) in [5.74, 6) is 1.82. The average Bonchev–Trinajstić information content (AvgIpc) is 3.26. The van der Waals surface area contributed by atoms with Gasteiger partial charge in [-0.25, -0.2) is 14.6 Å². The van der Waals surface area contributed by atoms with Gasteiger partial charge in [0, 0.05) is 24.7 Å². The van der Waals surface area contributed by atoms with Crippen LogP contribution in [0.2, 0.25) is 0 Å². The van der Waals surface area contributed by atoms with Crippen LogP contribution in [0.25, 0.3) is 11.3 Å². The molecule has 0 N–H and O–H groups in total. The second kappa shape index (κ2) is 7.73. The van der Waals surface area contributed by atoms with Crippen molar-refractivity contribution < 1.29 is 13.9 Å². The van der Waals surface area contributed by atoms with Gasteiger partial charge in [-0.1, -0.05) is 15.5 Å². The number of amides is 1. The largest absolute Gasteiger partial charge is 0.361 e. The fourth-order valence-electron chi connectivity index (χ4n) is 3.87. The van der Waals surface area contributed by atoms with Gasteiger partial charge in [0.25, 0.3) is 0 Å². The number of nitrogens with zero attached hydrogens (tertiary/aromatic N) is 6. The minimum absolute atomic E-state index is 0.0533. The van der Waals surface area contributed by atoms with E-state index in [1.165, 1.54) is 0 Å². The molecule has 3 aromatic rings. The molecule has 0 unspecified atom stereocenters. The fourth-order valence-corrected chi connectivity index (χ4v) is 3.87. The average molecular weight is 396 g/mol. The van der Waals surface area contributed by atoms with Crippen molar-refractivity contribution in [1.29, 1.82) is 0 Å². The van der Waals surface area contributed by atoms with E-state index in [0.29, 0.717) is 24.5 Å². The monoisotopic (exact) mass is 396 g/mol. The van der Waals surface area contributed by atoms with Gasteiger partial charge in [0.2, 0.25) is 5.91 Å². The molecule has 29 heavy (non-hydrogen) atoms. The SMILES string of the molecule is Cc1nc(-c2c(C)noc2C)cc(C2CCN(C(=O)Cc3nonc3C)CC2)n1. The Labute approximate surface area is 168 Å². The van der Waals surface area contributed by atoms with Gasteiger partial charge in [-0.15, -0.1) is 0 Å². The Hall–Kier alpha value is -3.10. The molecule has 1 amide bonds. The smallest absolute Gasteiger partial charge is 0.228 e. The molecule has 0 bridgehead atoms. The quantitative estimate of drug-likeness (QED) is 0.662. The molecule has 1 aliphatic rings. The van der Waals surface area contributed by atoms with E-state index < -0.39 is 0 Å². The highest BCUT2D eigenvalue weighted by atomic mass is 16.6. The van der Waals surface area contributed by atoms with Gasteiger partial charge in [-0.05, 0) is 46.6 Å². The Balaban J connectivity index is 1.46. The Morgan fingerprint density at radius 3 is 2.45 bits per heavy atom. The number of piperidine rings is 1. The van der Waals surface area contributed by atoms with Crippen molar-refractivity contribution in [2.75, 3.05) is 13.1 Å². The summed E-state index contributed by atoms with van der Waals surface area (Å²) in [5, 5.41) is 11.6. The molecule has 1 aliphatic heterocycles. The van der Waals surface area contributed by atoms with Crippen LogP contribution in [0.1, 0.15) is 53.1 Å². The molecular weight excluding hydrogens is 372 g/mol. The van der Waals surface area contributed by atoms with Crippen LogP contribution in [0.3, 0.4) is 0 Å². The molecule has 1 fully saturated rings. The molecule has 9 nitrogen and oxygen atoms in total. The molecular formula is C20H24N6O3. The molecule has 0 spiro atoms. The normalized spacial score (nSPS) is 15.1. The Morgan fingerprint density at radius 1 is 1.07 bits per heavy atom. The van der Waals surface area contributed by atoms with E-state index >= 15 is 0 Å². The van der Waals surface area contributed by atoms with Crippen molar-refractivity contribution in [2.45, 2.75) is 52.9 Å². The maximum Gasteiger partial charge on any atom is 0.228 e. The Kier molecular flexibility index (Phi) is 5.12. The zero-order chi connectivity index (χ0) is 20.5. The van der Waals surface area contributed by atoms with Gasteiger partial charge < -0.3 is 9.42 Å². The molecule has 0 radical (unpaired) electrons. The Bertz CT molecular complexity index is 1010. The molecule has 1 saturated heterocycles. The molecule has 0 atom stereocenters. The van der Waals surface area contributed by atoms with Crippen molar-refractivity contribution in [3.8, 4) is 11.3 Å². The molecule has 4 heterocycles. The fraction of sp³-hybridized carbons (Fsp3) is 0.500. The van der Waals surface area contributed by atoms with Crippen LogP contribution in [0.4, 0.5) is 0 Å². The van der Waals surface area contributed by atoms with Crippen LogP contribution in [-0.4, -0.2) is 49.3 Å². The summed E-state index contributed by atoms with van der Waals surface area (Å²) in [6, 6.07) is 2.03. The van der Waals surface area contributed by atoms with Gasteiger partial charge in [-0.2, -0.15) is 0 Å².